The first-order chi connectivity index (χ1) is 8.99. The standard InChI is InChI=1S/C15H21NO3/c1-10-7-13(17)8-11(2)16(10)9-12-5-3-4-6-14(12)15(18)19/h7-8,12,14H,3-6,9H2,1-2H3,(H,18,19). The van der Waals surface area contributed by atoms with Crippen LogP contribution in [0.3, 0.4) is 0 Å². The molecule has 1 aliphatic rings. The average Bonchev–Trinajstić information content (AvgIpc) is 2.34. The summed E-state index contributed by atoms with van der Waals surface area (Å²) in [7, 11) is 0. The number of carboxylic acid groups (broad SMARTS) is 1. The van der Waals surface area contributed by atoms with E-state index in [1.54, 1.807) is 12.1 Å². The Kier molecular flexibility index (Phi) is 4.08. The van der Waals surface area contributed by atoms with Crippen LogP contribution in [0.1, 0.15) is 37.1 Å². The number of nitrogens with zero attached hydrogens (tertiary/aromatic N) is 1. The van der Waals surface area contributed by atoms with Crippen LogP contribution in [0.2, 0.25) is 0 Å². The molecule has 1 fully saturated rings. The number of aliphatic carboxylic acids is 1. The van der Waals surface area contributed by atoms with Crippen LogP contribution < -0.4 is 5.43 Å². The van der Waals surface area contributed by atoms with Gasteiger partial charge in [-0.15, -0.1) is 0 Å². The normalized spacial score (nSPS) is 23.3. The van der Waals surface area contributed by atoms with Crippen molar-refractivity contribution in [1.82, 2.24) is 4.57 Å². The number of carboxylic acids is 1. The summed E-state index contributed by atoms with van der Waals surface area (Å²) in [5.41, 5.74) is 1.85. The summed E-state index contributed by atoms with van der Waals surface area (Å²) in [6.45, 7) is 4.52. The van der Waals surface area contributed by atoms with E-state index in [2.05, 4.69) is 4.57 Å². The van der Waals surface area contributed by atoms with Gasteiger partial charge in [-0.2, -0.15) is 0 Å². The first-order valence-corrected chi connectivity index (χ1v) is 6.90. The Hall–Kier alpha value is -1.58. The quantitative estimate of drug-likeness (QED) is 0.910. The van der Waals surface area contributed by atoms with E-state index in [-0.39, 0.29) is 17.3 Å². The molecule has 1 N–H and O–H groups in total. The zero-order chi connectivity index (χ0) is 14.0. The van der Waals surface area contributed by atoms with Gasteiger partial charge in [-0.1, -0.05) is 12.8 Å². The highest BCUT2D eigenvalue weighted by atomic mass is 16.4. The van der Waals surface area contributed by atoms with E-state index < -0.39 is 5.97 Å². The van der Waals surface area contributed by atoms with Crippen LogP contribution in [0.4, 0.5) is 0 Å². The molecule has 1 aromatic rings. The van der Waals surface area contributed by atoms with E-state index in [1.807, 2.05) is 13.8 Å². The van der Waals surface area contributed by atoms with Crippen molar-refractivity contribution in [2.45, 2.75) is 46.1 Å². The maximum absolute atomic E-state index is 11.4. The molecule has 1 saturated carbocycles. The van der Waals surface area contributed by atoms with Crippen molar-refractivity contribution in [3.63, 3.8) is 0 Å². The highest BCUT2D eigenvalue weighted by Gasteiger charge is 2.31. The van der Waals surface area contributed by atoms with Crippen LogP contribution in [0.15, 0.2) is 16.9 Å². The second-order valence-electron chi connectivity index (χ2n) is 5.57. The van der Waals surface area contributed by atoms with Gasteiger partial charge in [0, 0.05) is 30.1 Å². The van der Waals surface area contributed by atoms with Crippen LogP contribution in [-0.2, 0) is 11.3 Å². The minimum Gasteiger partial charge on any atom is -0.481 e. The second kappa shape index (κ2) is 5.59. The summed E-state index contributed by atoms with van der Waals surface area (Å²) < 4.78 is 2.08. The predicted octanol–water partition coefficient (Wildman–Crippen LogP) is 2.36. The van der Waals surface area contributed by atoms with E-state index in [4.69, 9.17) is 0 Å². The fraction of sp³-hybridized carbons (Fsp3) is 0.600. The van der Waals surface area contributed by atoms with Crippen LogP contribution in [0.25, 0.3) is 0 Å². The molecule has 1 aromatic heterocycles. The minimum atomic E-state index is -0.680. The molecule has 1 aliphatic carbocycles. The Labute approximate surface area is 113 Å². The number of hydrogen-bond donors (Lipinski definition) is 1. The summed E-state index contributed by atoms with van der Waals surface area (Å²) in [4.78, 5) is 22.7. The van der Waals surface area contributed by atoms with Crippen LogP contribution in [0, 0.1) is 25.7 Å². The molecule has 2 unspecified atom stereocenters. The lowest BCUT2D eigenvalue weighted by Gasteiger charge is -2.30. The molecular weight excluding hydrogens is 242 g/mol. The van der Waals surface area contributed by atoms with Gasteiger partial charge in [-0.3, -0.25) is 9.59 Å². The molecule has 2 atom stereocenters. The van der Waals surface area contributed by atoms with E-state index in [1.165, 1.54) is 0 Å². The number of carbonyl (C=O) groups is 1. The van der Waals surface area contributed by atoms with Crippen LogP contribution >= 0.6 is 0 Å². The third-order valence-electron chi connectivity index (χ3n) is 4.20. The molecule has 0 amide bonds. The zero-order valence-electron chi connectivity index (χ0n) is 11.6. The van der Waals surface area contributed by atoms with E-state index in [0.29, 0.717) is 6.54 Å². The van der Waals surface area contributed by atoms with Crippen molar-refractivity contribution in [3.05, 3.63) is 33.7 Å². The largest absolute Gasteiger partial charge is 0.481 e. The predicted molar refractivity (Wildman–Crippen MR) is 73.3 cm³/mol. The van der Waals surface area contributed by atoms with Gasteiger partial charge in [-0.05, 0) is 32.6 Å². The van der Waals surface area contributed by atoms with Crippen LogP contribution in [0.5, 0.6) is 0 Å². The third-order valence-corrected chi connectivity index (χ3v) is 4.20. The molecule has 0 aliphatic heterocycles. The SMILES string of the molecule is Cc1cc(=O)cc(C)n1CC1CCCCC1C(=O)O. The molecule has 19 heavy (non-hydrogen) atoms. The molecule has 0 radical (unpaired) electrons. The average molecular weight is 263 g/mol. The van der Waals surface area contributed by atoms with Crippen molar-refractivity contribution in [2.75, 3.05) is 0 Å². The molecule has 0 bridgehead atoms. The summed E-state index contributed by atoms with van der Waals surface area (Å²) in [5.74, 6) is -0.751. The summed E-state index contributed by atoms with van der Waals surface area (Å²) in [5, 5.41) is 9.31. The van der Waals surface area contributed by atoms with Crippen molar-refractivity contribution >= 4 is 5.97 Å². The lowest BCUT2D eigenvalue weighted by atomic mass is 9.79. The second-order valence-corrected chi connectivity index (χ2v) is 5.57. The Bertz CT molecular complexity index is 506. The van der Waals surface area contributed by atoms with Gasteiger partial charge in [0.25, 0.3) is 0 Å². The number of hydrogen-bond acceptors (Lipinski definition) is 2. The summed E-state index contributed by atoms with van der Waals surface area (Å²) >= 11 is 0. The van der Waals surface area contributed by atoms with Gasteiger partial charge >= 0.3 is 5.97 Å². The fourth-order valence-electron chi connectivity index (χ4n) is 3.16. The first kappa shape index (κ1) is 13.8. The van der Waals surface area contributed by atoms with Gasteiger partial charge in [0.2, 0.25) is 0 Å². The Morgan fingerprint density at radius 3 is 2.42 bits per heavy atom. The summed E-state index contributed by atoms with van der Waals surface area (Å²) in [6, 6.07) is 3.23. The number of aromatic nitrogens is 1. The number of pyridine rings is 1. The van der Waals surface area contributed by atoms with E-state index in [0.717, 1.165) is 37.1 Å². The molecule has 2 rings (SSSR count). The van der Waals surface area contributed by atoms with E-state index >= 15 is 0 Å². The number of aryl methyl sites for hydroxylation is 2. The highest BCUT2D eigenvalue weighted by molar-refractivity contribution is 5.70. The van der Waals surface area contributed by atoms with Crippen molar-refractivity contribution < 1.29 is 9.90 Å². The Morgan fingerprint density at radius 1 is 1.26 bits per heavy atom. The summed E-state index contributed by atoms with van der Waals surface area (Å²) in [6.07, 6.45) is 3.85. The van der Waals surface area contributed by atoms with Crippen molar-refractivity contribution in [2.24, 2.45) is 11.8 Å². The van der Waals surface area contributed by atoms with Gasteiger partial charge in [0.05, 0.1) is 5.92 Å². The zero-order valence-corrected chi connectivity index (χ0v) is 11.6. The lowest BCUT2D eigenvalue weighted by Crippen LogP contribution is -2.31. The highest BCUT2D eigenvalue weighted by Crippen LogP contribution is 2.31. The molecule has 0 spiro atoms. The molecule has 4 nitrogen and oxygen atoms in total. The van der Waals surface area contributed by atoms with Crippen LogP contribution in [-0.4, -0.2) is 15.6 Å². The molecule has 1 heterocycles. The molecule has 0 saturated heterocycles. The van der Waals surface area contributed by atoms with Gasteiger partial charge in [0.1, 0.15) is 0 Å². The fourth-order valence-corrected chi connectivity index (χ4v) is 3.16. The topological polar surface area (TPSA) is 59.3 Å². The number of rotatable bonds is 3. The monoisotopic (exact) mass is 263 g/mol. The van der Waals surface area contributed by atoms with Gasteiger partial charge in [0.15, 0.2) is 5.43 Å². The lowest BCUT2D eigenvalue weighted by molar-refractivity contribution is -0.145. The van der Waals surface area contributed by atoms with E-state index in [9.17, 15) is 14.7 Å². The third kappa shape index (κ3) is 3.06. The smallest absolute Gasteiger partial charge is 0.306 e. The minimum absolute atomic E-state index is 0.0182. The molecule has 0 aromatic carbocycles. The Morgan fingerprint density at radius 2 is 1.84 bits per heavy atom. The Balaban J connectivity index is 2.24. The maximum atomic E-state index is 11.4. The van der Waals surface area contributed by atoms with Crippen molar-refractivity contribution in [1.29, 1.82) is 0 Å². The first-order valence-electron chi connectivity index (χ1n) is 6.90. The molecule has 104 valence electrons. The molecular formula is C15H21NO3. The van der Waals surface area contributed by atoms with Gasteiger partial charge in [-0.25, -0.2) is 0 Å². The maximum Gasteiger partial charge on any atom is 0.306 e. The van der Waals surface area contributed by atoms with Gasteiger partial charge < -0.3 is 9.67 Å². The molecule has 4 heteroatoms. The van der Waals surface area contributed by atoms with Crippen molar-refractivity contribution in [3.8, 4) is 0 Å².